The molecule has 0 fully saturated rings. The molecule has 0 bridgehead atoms. The van der Waals surface area contributed by atoms with E-state index in [1.54, 1.807) is 12.4 Å². The summed E-state index contributed by atoms with van der Waals surface area (Å²) in [6.07, 6.45) is 4.17. The third-order valence-corrected chi connectivity index (χ3v) is 2.23. The van der Waals surface area contributed by atoms with Crippen LogP contribution in [0.4, 0.5) is 0 Å². The van der Waals surface area contributed by atoms with Crippen LogP contribution in [0, 0.1) is 22.7 Å². The zero-order valence-electron chi connectivity index (χ0n) is 7.99. The van der Waals surface area contributed by atoms with Gasteiger partial charge in [-0.05, 0) is 17.2 Å². The van der Waals surface area contributed by atoms with Gasteiger partial charge in [-0.2, -0.15) is 10.5 Å². The Hall–Kier alpha value is -2.33. The second-order valence-corrected chi connectivity index (χ2v) is 3.22. The average molecular weight is 196 g/mol. The van der Waals surface area contributed by atoms with Crippen LogP contribution in [0.15, 0.2) is 18.5 Å². The summed E-state index contributed by atoms with van der Waals surface area (Å²) in [5.74, 6) is 0. The molecular weight excluding hydrogens is 188 g/mol. The predicted octanol–water partition coefficient (Wildman–Crippen LogP) is 1.70. The van der Waals surface area contributed by atoms with Gasteiger partial charge in [0.1, 0.15) is 5.65 Å². The fraction of sp³-hybridized carbons (Fsp3) is 0.182. The maximum absolute atomic E-state index is 8.63. The van der Waals surface area contributed by atoms with Crippen LogP contribution in [-0.4, -0.2) is 9.97 Å². The fourth-order valence-corrected chi connectivity index (χ4v) is 1.52. The fourth-order valence-electron chi connectivity index (χ4n) is 1.52. The average Bonchev–Trinajstić information content (AvgIpc) is 2.63. The third kappa shape index (κ3) is 1.66. The Morgan fingerprint density at radius 1 is 1.27 bits per heavy atom. The maximum atomic E-state index is 8.63. The van der Waals surface area contributed by atoms with Crippen LogP contribution in [0.1, 0.15) is 11.1 Å². The van der Waals surface area contributed by atoms with Crippen LogP contribution in [0.25, 0.3) is 11.0 Å². The molecule has 2 aromatic rings. The van der Waals surface area contributed by atoms with Crippen molar-refractivity contribution in [1.29, 1.82) is 10.5 Å². The Kier molecular flexibility index (Phi) is 2.35. The summed E-state index contributed by atoms with van der Waals surface area (Å²) in [4.78, 5) is 7.18. The van der Waals surface area contributed by atoms with E-state index >= 15 is 0 Å². The van der Waals surface area contributed by atoms with Gasteiger partial charge in [-0.15, -0.1) is 0 Å². The van der Waals surface area contributed by atoms with Crippen molar-refractivity contribution < 1.29 is 0 Å². The first-order valence-corrected chi connectivity index (χ1v) is 4.54. The van der Waals surface area contributed by atoms with Crippen molar-refractivity contribution in [3.63, 3.8) is 0 Å². The van der Waals surface area contributed by atoms with Crippen LogP contribution in [0.2, 0.25) is 0 Å². The van der Waals surface area contributed by atoms with Crippen molar-refractivity contribution in [2.45, 2.75) is 12.8 Å². The monoisotopic (exact) mass is 196 g/mol. The van der Waals surface area contributed by atoms with Crippen LogP contribution in [-0.2, 0) is 12.8 Å². The third-order valence-electron chi connectivity index (χ3n) is 2.23. The highest BCUT2D eigenvalue weighted by Crippen LogP contribution is 2.18. The van der Waals surface area contributed by atoms with E-state index in [0.29, 0.717) is 12.8 Å². The van der Waals surface area contributed by atoms with Crippen LogP contribution in [0.5, 0.6) is 0 Å². The zero-order valence-corrected chi connectivity index (χ0v) is 7.99. The van der Waals surface area contributed by atoms with E-state index < -0.39 is 0 Å². The molecular formula is C11H8N4. The lowest BCUT2D eigenvalue weighted by molar-refractivity contribution is 1.21. The standard InChI is InChI=1S/C11H8N4/c12-3-1-8-5-10-9(2-4-13)7-15-11(10)14-6-8/h5-7H,1-2H2,(H,14,15). The molecule has 2 rings (SSSR count). The van der Waals surface area contributed by atoms with Crippen molar-refractivity contribution in [3.05, 3.63) is 29.6 Å². The Balaban J connectivity index is 2.53. The van der Waals surface area contributed by atoms with Gasteiger partial charge >= 0.3 is 0 Å². The highest BCUT2D eigenvalue weighted by Gasteiger charge is 2.05. The molecule has 0 spiro atoms. The first kappa shape index (κ1) is 9.23. The van der Waals surface area contributed by atoms with Gasteiger partial charge < -0.3 is 4.98 Å². The van der Waals surface area contributed by atoms with Gasteiger partial charge in [0.15, 0.2) is 0 Å². The zero-order chi connectivity index (χ0) is 10.7. The molecule has 0 radical (unpaired) electrons. The number of aromatic amines is 1. The first-order chi connectivity index (χ1) is 7.35. The van der Waals surface area contributed by atoms with E-state index in [4.69, 9.17) is 10.5 Å². The first-order valence-electron chi connectivity index (χ1n) is 4.54. The van der Waals surface area contributed by atoms with E-state index in [1.807, 2.05) is 6.07 Å². The lowest BCUT2D eigenvalue weighted by Gasteiger charge is -1.95. The lowest BCUT2D eigenvalue weighted by Crippen LogP contribution is -1.86. The Labute approximate surface area is 86.8 Å². The summed E-state index contributed by atoms with van der Waals surface area (Å²) in [6.45, 7) is 0. The molecule has 1 N–H and O–H groups in total. The molecule has 4 heteroatoms. The number of rotatable bonds is 2. The summed E-state index contributed by atoms with van der Waals surface area (Å²) in [5.41, 5.74) is 2.57. The van der Waals surface area contributed by atoms with E-state index in [-0.39, 0.29) is 0 Å². The topological polar surface area (TPSA) is 76.3 Å². The van der Waals surface area contributed by atoms with Gasteiger partial charge in [0, 0.05) is 17.8 Å². The number of nitriles is 2. The number of fused-ring (bicyclic) bond motifs is 1. The second-order valence-electron chi connectivity index (χ2n) is 3.22. The second kappa shape index (κ2) is 3.81. The molecule has 2 heterocycles. The largest absolute Gasteiger partial charge is 0.346 e. The molecule has 4 nitrogen and oxygen atoms in total. The van der Waals surface area contributed by atoms with Gasteiger partial charge in [-0.25, -0.2) is 4.98 Å². The molecule has 0 saturated carbocycles. The SMILES string of the molecule is N#CCc1cnc2[nH]cc(CC#N)c2c1. The summed E-state index contributed by atoms with van der Waals surface area (Å²) >= 11 is 0. The van der Waals surface area contributed by atoms with Crippen molar-refractivity contribution in [1.82, 2.24) is 9.97 Å². The number of H-pyrrole nitrogens is 1. The minimum absolute atomic E-state index is 0.347. The predicted molar refractivity (Wildman–Crippen MR) is 54.7 cm³/mol. The number of hydrogen-bond donors (Lipinski definition) is 1. The van der Waals surface area contributed by atoms with Crippen LogP contribution >= 0.6 is 0 Å². The summed E-state index contributed by atoms with van der Waals surface area (Å²) in [7, 11) is 0. The Morgan fingerprint density at radius 2 is 2.07 bits per heavy atom. The van der Waals surface area contributed by atoms with Crippen LogP contribution < -0.4 is 0 Å². The number of nitrogens with zero attached hydrogens (tertiary/aromatic N) is 3. The summed E-state index contributed by atoms with van der Waals surface area (Å²) in [6, 6.07) is 6.09. The number of nitrogens with one attached hydrogen (secondary N) is 1. The number of pyridine rings is 1. The van der Waals surface area contributed by atoms with Crippen molar-refractivity contribution >= 4 is 11.0 Å². The van der Waals surface area contributed by atoms with Gasteiger partial charge in [0.2, 0.25) is 0 Å². The molecule has 15 heavy (non-hydrogen) atoms. The van der Waals surface area contributed by atoms with Gasteiger partial charge in [-0.1, -0.05) is 0 Å². The van der Waals surface area contributed by atoms with E-state index in [1.165, 1.54) is 0 Å². The highest BCUT2D eigenvalue weighted by molar-refractivity contribution is 5.80. The lowest BCUT2D eigenvalue weighted by atomic mass is 10.1. The molecule has 0 aliphatic heterocycles. The molecule has 0 aliphatic rings. The van der Waals surface area contributed by atoms with E-state index in [0.717, 1.165) is 22.2 Å². The van der Waals surface area contributed by atoms with Crippen LogP contribution in [0.3, 0.4) is 0 Å². The van der Waals surface area contributed by atoms with Crippen molar-refractivity contribution in [3.8, 4) is 12.1 Å². The molecule has 72 valence electrons. The van der Waals surface area contributed by atoms with E-state index in [9.17, 15) is 0 Å². The van der Waals surface area contributed by atoms with Gasteiger partial charge in [0.25, 0.3) is 0 Å². The minimum Gasteiger partial charge on any atom is -0.346 e. The summed E-state index contributed by atoms with van der Waals surface area (Å²) < 4.78 is 0. The normalized spacial score (nSPS) is 9.73. The quantitative estimate of drug-likeness (QED) is 0.794. The molecule has 0 saturated heterocycles. The summed E-state index contributed by atoms with van der Waals surface area (Å²) in [5, 5.41) is 18.1. The van der Waals surface area contributed by atoms with Crippen molar-refractivity contribution in [2.75, 3.05) is 0 Å². The Bertz CT molecular complexity index is 568. The van der Waals surface area contributed by atoms with Gasteiger partial charge in [-0.3, -0.25) is 0 Å². The van der Waals surface area contributed by atoms with E-state index in [2.05, 4.69) is 22.1 Å². The minimum atomic E-state index is 0.347. The molecule has 0 unspecified atom stereocenters. The van der Waals surface area contributed by atoms with Gasteiger partial charge in [0.05, 0.1) is 25.0 Å². The molecule has 0 amide bonds. The molecule has 2 aromatic heterocycles. The molecule has 0 aliphatic carbocycles. The number of aromatic nitrogens is 2. The molecule has 0 aromatic carbocycles. The maximum Gasteiger partial charge on any atom is 0.137 e. The number of hydrogen-bond acceptors (Lipinski definition) is 3. The smallest absolute Gasteiger partial charge is 0.137 e. The Morgan fingerprint density at radius 3 is 2.80 bits per heavy atom. The highest BCUT2D eigenvalue weighted by atomic mass is 14.8. The van der Waals surface area contributed by atoms with Crippen molar-refractivity contribution in [2.24, 2.45) is 0 Å². The molecule has 0 atom stereocenters.